The Bertz CT molecular complexity index is 418. The fourth-order valence-electron chi connectivity index (χ4n) is 1.76. The van der Waals surface area contributed by atoms with E-state index in [1.54, 1.807) is 13.8 Å². The van der Waals surface area contributed by atoms with Crippen LogP contribution < -0.4 is 5.32 Å². The fraction of sp³-hybridized carbons (Fsp3) is 0.455. The Morgan fingerprint density at radius 1 is 1.20 bits per heavy atom. The van der Waals surface area contributed by atoms with Crippen molar-refractivity contribution in [1.82, 2.24) is 5.32 Å². The molecule has 1 saturated heterocycles. The molecule has 0 bridgehead atoms. The molecular weight excluding hydrogens is 194 g/mol. The van der Waals surface area contributed by atoms with E-state index in [0.717, 1.165) is 0 Å². The Morgan fingerprint density at radius 3 is 2.47 bits per heavy atom. The molecule has 0 radical (unpaired) electrons. The molecule has 0 saturated carbocycles. The molecule has 1 heterocycles. The highest BCUT2D eigenvalue weighted by Gasteiger charge is 2.34. The second kappa shape index (κ2) is 3.22. The first-order chi connectivity index (χ1) is 7.02. The van der Waals surface area contributed by atoms with Gasteiger partial charge in [-0.15, -0.1) is 0 Å². The second-order valence-electron chi connectivity index (χ2n) is 3.92. The van der Waals surface area contributed by atoms with Gasteiger partial charge in [-0.2, -0.15) is 0 Å². The van der Waals surface area contributed by atoms with Crippen molar-refractivity contribution in [3.8, 4) is 0 Å². The lowest BCUT2D eigenvalue weighted by Gasteiger charge is -2.31. The molecule has 1 aliphatic heterocycles. The lowest BCUT2D eigenvalue weighted by atomic mass is 9.93. The van der Waals surface area contributed by atoms with Gasteiger partial charge in [0.25, 0.3) is 0 Å². The van der Waals surface area contributed by atoms with Gasteiger partial charge >= 0.3 is 0 Å². The molecule has 2 aliphatic rings. The molecule has 1 atom stereocenters. The third-order valence-electron chi connectivity index (χ3n) is 2.72. The summed E-state index contributed by atoms with van der Waals surface area (Å²) in [6.07, 6.45) is 0.0208. The third-order valence-corrected chi connectivity index (χ3v) is 2.72. The summed E-state index contributed by atoms with van der Waals surface area (Å²) in [5.74, 6) is -0.352. The first kappa shape index (κ1) is 9.96. The number of allylic oxidation sites excluding steroid dienone is 2. The van der Waals surface area contributed by atoms with Crippen LogP contribution in [0, 0.1) is 0 Å². The Balaban J connectivity index is 2.53. The smallest absolute Gasteiger partial charge is 0.232 e. The Kier molecular flexibility index (Phi) is 2.14. The number of fused-ring (bicyclic) bond motifs is 1. The summed E-state index contributed by atoms with van der Waals surface area (Å²) in [5, 5.41) is 3.13. The predicted molar refractivity (Wildman–Crippen MR) is 54.0 cm³/mol. The third kappa shape index (κ3) is 1.37. The zero-order chi connectivity index (χ0) is 11.2. The van der Waals surface area contributed by atoms with Gasteiger partial charge in [0.15, 0.2) is 0 Å². The van der Waals surface area contributed by atoms with Crippen LogP contribution in [0.5, 0.6) is 0 Å². The van der Waals surface area contributed by atoms with E-state index in [9.17, 15) is 9.59 Å². The minimum atomic E-state index is -0.456. The molecular formula is C11H13NO3. The van der Waals surface area contributed by atoms with E-state index in [4.69, 9.17) is 4.74 Å². The molecule has 0 spiro atoms. The van der Waals surface area contributed by atoms with Crippen molar-refractivity contribution in [1.29, 1.82) is 0 Å². The van der Waals surface area contributed by atoms with Crippen LogP contribution in [0.4, 0.5) is 0 Å². The first-order valence-electron chi connectivity index (χ1n) is 4.94. The number of morpholine rings is 1. The van der Waals surface area contributed by atoms with Crippen molar-refractivity contribution in [2.75, 3.05) is 6.54 Å². The second-order valence-corrected chi connectivity index (χ2v) is 3.92. The predicted octanol–water partition coefficient (Wildman–Crippen LogP) is 0.694. The van der Waals surface area contributed by atoms with Crippen molar-refractivity contribution in [2.24, 2.45) is 0 Å². The minimum Gasteiger partial charge on any atom is -0.486 e. The van der Waals surface area contributed by atoms with Crippen LogP contribution >= 0.6 is 0 Å². The van der Waals surface area contributed by atoms with Gasteiger partial charge in [-0.1, -0.05) is 0 Å². The number of nitrogens with one attached hydrogen (secondary N) is 1. The van der Waals surface area contributed by atoms with Crippen molar-refractivity contribution < 1.29 is 14.3 Å². The average Bonchev–Trinajstić information content (AvgIpc) is 2.23. The van der Waals surface area contributed by atoms with E-state index in [-0.39, 0.29) is 6.10 Å². The largest absolute Gasteiger partial charge is 0.486 e. The van der Waals surface area contributed by atoms with Crippen molar-refractivity contribution >= 4 is 11.6 Å². The van der Waals surface area contributed by atoms with Crippen LogP contribution in [-0.4, -0.2) is 24.2 Å². The Hall–Kier alpha value is -1.58. The van der Waals surface area contributed by atoms with E-state index < -0.39 is 11.6 Å². The lowest BCUT2D eigenvalue weighted by molar-refractivity contribution is -0.132. The van der Waals surface area contributed by atoms with E-state index >= 15 is 0 Å². The highest BCUT2D eigenvalue weighted by atomic mass is 16.5. The van der Waals surface area contributed by atoms with E-state index in [1.165, 1.54) is 0 Å². The van der Waals surface area contributed by atoms with E-state index in [0.29, 0.717) is 29.1 Å². The Labute approximate surface area is 88.0 Å². The van der Waals surface area contributed by atoms with Gasteiger partial charge in [0.05, 0.1) is 12.2 Å². The molecule has 15 heavy (non-hydrogen) atoms. The number of hydrogen-bond donors (Lipinski definition) is 1. The fourth-order valence-corrected chi connectivity index (χ4v) is 1.76. The highest BCUT2D eigenvalue weighted by Crippen LogP contribution is 2.28. The van der Waals surface area contributed by atoms with E-state index in [2.05, 4.69) is 5.32 Å². The summed E-state index contributed by atoms with van der Waals surface area (Å²) in [6.45, 7) is 5.85. The van der Waals surface area contributed by atoms with E-state index in [1.807, 2.05) is 6.92 Å². The molecule has 1 aliphatic carbocycles. The molecule has 0 aromatic carbocycles. The zero-order valence-electron chi connectivity index (χ0n) is 9.01. The van der Waals surface area contributed by atoms with Crippen LogP contribution in [-0.2, 0) is 14.3 Å². The molecule has 4 heteroatoms. The topological polar surface area (TPSA) is 55.4 Å². The van der Waals surface area contributed by atoms with Gasteiger partial charge in [0.1, 0.15) is 11.9 Å². The summed E-state index contributed by atoms with van der Waals surface area (Å²) >= 11 is 0. The maximum atomic E-state index is 11.5. The minimum absolute atomic E-state index is 0.0208. The normalized spacial score (nSPS) is 26.2. The summed E-state index contributed by atoms with van der Waals surface area (Å²) in [4.78, 5) is 23.1. The van der Waals surface area contributed by atoms with Crippen LogP contribution in [0.2, 0.25) is 0 Å². The number of carbonyl (C=O) groups excluding carboxylic acids is 2. The maximum Gasteiger partial charge on any atom is 0.232 e. The molecule has 4 nitrogen and oxygen atoms in total. The monoisotopic (exact) mass is 207 g/mol. The number of Topliss-reactive ketones (excluding diaryl/α,β-unsaturated/α-hetero) is 2. The van der Waals surface area contributed by atoms with Crippen LogP contribution in [0.3, 0.4) is 0 Å². The molecule has 0 aromatic rings. The standard InChI is InChI=1S/C11H13NO3/c1-5-4-12-8-6(2)9(13)10(14)7(3)11(8)15-5/h5,12H,4H2,1-3H3. The van der Waals surface area contributed by atoms with Crippen molar-refractivity contribution in [3.05, 3.63) is 22.6 Å². The molecule has 0 aromatic heterocycles. The average molecular weight is 207 g/mol. The number of hydrogen-bond acceptors (Lipinski definition) is 4. The highest BCUT2D eigenvalue weighted by molar-refractivity contribution is 6.50. The number of ether oxygens (including phenoxy) is 1. The van der Waals surface area contributed by atoms with Gasteiger partial charge in [-0.05, 0) is 20.8 Å². The van der Waals surface area contributed by atoms with Crippen LogP contribution in [0.15, 0.2) is 22.6 Å². The molecule has 2 rings (SSSR count). The molecule has 1 fully saturated rings. The van der Waals surface area contributed by atoms with Gasteiger partial charge in [-0.25, -0.2) is 0 Å². The SMILES string of the molecule is CC1=C2NCC(C)OC2=C(C)C(=O)C1=O. The summed E-state index contributed by atoms with van der Waals surface area (Å²) < 4.78 is 5.58. The number of carbonyl (C=O) groups is 2. The molecule has 80 valence electrons. The summed E-state index contributed by atoms with van der Waals surface area (Å²) in [6, 6.07) is 0. The molecule has 1 N–H and O–H groups in total. The zero-order valence-corrected chi connectivity index (χ0v) is 9.01. The number of ketones is 2. The van der Waals surface area contributed by atoms with Gasteiger partial charge in [0.2, 0.25) is 11.6 Å². The van der Waals surface area contributed by atoms with Crippen LogP contribution in [0.25, 0.3) is 0 Å². The first-order valence-corrected chi connectivity index (χ1v) is 4.94. The Morgan fingerprint density at radius 2 is 1.80 bits per heavy atom. The number of rotatable bonds is 0. The van der Waals surface area contributed by atoms with Crippen LogP contribution in [0.1, 0.15) is 20.8 Å². The molecule has 0 amide bonds. The quantitative estimate of drug-likeness (QED) is 0.469. The van der Waals surface area contributed by atoms with Crippen molar-refractivity contribution in [2.45, 2.75) is 26.9 Å². The summed E-state index contributed by atoms with van der Waals surface area (Å²) in [7, 11) is 0. The maximum absolute atomic E-state index is 11.5. The van der Waals surface area contributed by atoms with Crippen molar-refractivity contribution in [3.63, 3.8) is 0 Å². The van der Waals surface area contributed by atoms with Gasteiger partial charge in [0, 0.05) is 11.1 Å². The van der Waals surface area contributed by atoms with Gasteiger partial charge in [-0.3, -0.25) is 9.59 Å². The van der Waals surface area contributed by atoms with Gasteiger partial charge < -0.3 is 10.1 Å². The summed E-state index contributed by atoms with van der Waals surface area (Å²) in [5.41, 5.74) is 1.53. The molecule has 1 unspecified atom stereocenters. The lowest BCUT2D eigenvalue weighted by Crippen LogP contribution is -2.39.